The van der Waals surface area contributed by atoms with E-state index < -0.39 is 0 Å². The molecule has 0 saturated carbocycles. The molecular weight excluding hydrogens is 191 g/mol. The van der Waals surface area contributed by atoms with Crippen molar-refractivity contribution in [2.75, 3.05) is 5.73 Å². The fourth-order valence-corrected chi connectivity index (χ4v) is 1.58. The minimum atomic E-state index is -0.314. The zero-order chi connectivity index (χ0) is 10.8. The number of nitrogens with zero attached hydrogens (tertiary/aromatic N) is 1. The Bertz CT molecular complexity index is 495. The van der Waals surface area contributed by atoms with E-state index in [0.29, 0.717) is 11.3 Å². The number of aryl methyl sites for hydroxylation is 1. The molecule has 0 amide bonds. The van der Waals surface area contributed by atoms with Crippen LogP contribution in [0.4, 0.5) is 10.1 Å². The Hall–Kier alpha value is -1.90. The van der Waals surface area contributed by atoms with Crippen LogP contribution in [0.3, 0.4) is 0 Å². The van der Waals surface area contributed by atoms with Crippen LogP contribution in [0.25, 0.3) is 11.1 Å². The molecule has 0 spiro atoms. The van der Waals surface area contributed by atoms with Crippen LogP contribution in [0.15, 0.2) is 36.7 Å². The first-order valence-electron chi connectivity index (χ1n) is 4.64. The summed E-state index contributed by atoms with van der Waals surface area (Å²) in [5, 5.41) is 0. The number of benzene rings is 1. The monoisotopic (exact) mass is 202 g/mol. The van der Waals surface area contributed by atoms with E-state index in [0.717, 1.165) is 11.1 Å². The maximum atomic E-state index is 13.5. The minimum Gasteiger partial charge on any atom is -0.399 e. The standard InChI is InChI=1S/C12H11FN2/c1-8-6-9(14)2-3-10(8)11-4-5-15-7-12(11)13/h2-7H,14H2,1H3. The van der Waals surface area contributed by atoms with Gasteiger partial charge in [-0.15, -0.1) is 0 Å². The maximum Gasteiger partial charge on any atom is 0.149 e. The highest BCUT2D eigenvalue weighted by Crippen LogP contribution is 2.26. The van der Waals surface area contributed by atoms with Crippen LogP contribution in [0.5, 0.6) is 0 Å². The molecular formula is C12H11FN2. The molecule has 1 aromatic heterocycles. The normalized spacial score (nSPS) is 10.3. The smallest absolute Gasteiger partial charge is 0.149 e. The van der Waals surface area contributed by atoms with Crippen molar-refractivity contribution in [3.8, 4) is 11.1 Å². The number of nitrogen functional groups attached to an aromatic ring is 1. The number of halogens is 1. The van der Waals surface area contributed by atoms with Crippen molar-refractivity contribution >= 4 is 5.69 Å². The molecule has 0 fully saturated rings. The van der Waals surface area contributed by atoms with Crippen LogP contribution in [0.1, 0.15) is 5.56 Å². The van der Waals surface area contributed by atoms with E-state index in [1.807, 2.05) is 19.1 Å². The van der Waals surface area contributed by atoms with Gasteiger partial charge in [0.15, 0.2) is 0 Å². The third-order valence-electron chi connectivity index (χ3n) is 2.31. The predicted molar refractivity (Wildman–Crippen MR) is 58.8 cm³/mol. The van der Waals surface area contributed by atoms with E-state index in [4.69, 9.17) is 5.73 Å². The Morgan fingerprint density at radius 3 is 2.67 bits per heavy atom. The van der Waals surface area contributed by atoms with Crippen molar-refractivity contribution in [1.82, 2.24) is 4.98 Å². The zero-order valence-corrected chi connectivity index (χ0v) is 8.37. The van der Waals surface area contributed by atoms with Crippen LogP contribution in [-0.2, 0) is 0 Å². The van der Waals surface area contributed by atoms with E-state index in [9.17, 15) is 4.39 Å². The second kappa shape index (κ2) is 3.69. The molecule has 1 heterocycles. The van der Waals surface area contributed by atoms with Gasteiger partial charge in [0.25, 0.3) is 0 Å². The molecule has 0 aliphatic heterocycles. The average molecular weight is 202 g/mol. The second-order valence-electron chi connectivity index (χ2n) is 3.43. The molecule has 76 valence electrons. The Labute approximate surface area is 87.6 Å². The summed E-state index contributed by atoms with van der Waals surface area (Å²) in [5.41, 5.74) is 8.69. The lowest BCUT2D eigenvalue weighted by atomic mass is 10.0. The van der Waals surface area contributed by atoms with Crippen LogP contribution in [0, 0.1) is 12.7 Å². The van der Waals surface area contributed by atoms with Gasteiger partial charge in [0, 0.05) is 17.4 Å². The van der Waals surface area contributed by atoms with Gasteiger partial charge >= 0.3 is 0 Å². The van der Waals surface area contributed by atoms with Gasteiger partial charge in [-0.05, 0) is 36.2 Å². The van der Waals surface area contributed by atoms with Gasteiger partial charge in [-0.3, -0.25) is 4.98 Å². The van der Waals surface area contributed by atoms with Gasteiger partial charge in [0.1, 0.15) is 5.82 Å². The Morgan fingerprint density at radius 2 is 2.00 bits per heavy atom. The maximum absolute atomic E-state index is 13.5. The minimum absolute atomic E-state index is 0.314. The Balaban J connectivity index is 2.60. The second-order valence-corrected chi connectivity index (χ2v) is 3.43. The molecule has 0 bridgehead atoms. The fraction of sp³-hybridized carbons (Fsp3) is 0.0833. The number of rotatable bonds is 1. The average Bonchev–Trinajstić information content (AvgIpc) is 2.20. The van der Waals surface area contributed by atoms with Gasteiger partial charge in [0.05, 0.1) is 6.20 Å². The van der Waals surface area contributed by atoms with E-state index in [1.54, 1.807) is 18.3 Å². The van der Waals surface area contributed by atoms with Gasteiger partial charge in [0.2, 0.25) is 0 Å². The SMILES string of the molecule is Cc1cc(N)ccc1-c1ccncc1F. The molecule has 0 aliphatic rings. The van der Waals surface area contributed by atoms with Crippen LogP contribution >= 0.6 is 0 Å². The van der Waals surface area contributed by atoms with Crippen molar-refractivity contribution in [1.29, 1.82) is 0 Å². The number of pyridine rings is 1. The van der Waals surface area contributed by atoms with Crippen molar-refractivity contribution in [3.63, 3.8) is 0 Å². The highest BCUT2D eigenvalue weighted by molar-refractivity contribution is 5.69. The summed E-state index contributed by atoms with van der Waals surface area (Å²) < 4.78 is 13.5. The number of aromatic nitrogens is 1. The summed E-state index contributed by atoms with van der Waals surface area (Å²) in [4.78, 5) is 3.72. The molecule has 1 aromatic carbocycles. The van der Waals surface area contributed by atoms with E-state index in [1.165, 1.54) is 6.20 Å². The summed E-state index contributed by atoms with van der Waals surface area (Å²) in [6.45, 7) is 1.91. The molecule has 0 radical (unpaired) electrons. The van der Waals surface area contributed by atoms with Crippen molar-refractivity contribution in [2.24, 2.45) is 0 Å². The summed E-state index contributed by atoms with van der Waals surface area (Å²) in [6, 6.07) is 7.08. The quantitative estimate of drug-likeness (QED) is 0.722. The third kappa shape index (κ3) is 1.81. The number of nitrogens with two attached hydrogens (primary N) is 1. The topological polar surface area (TPSA) is 38.9 Å². The van der Waals surface area contributed by atoms with Crippen molar-refractivity contribution in [3.05, 3.63) is 48.0 Å². The molecule has 2 aromatic rings. The summed E-state index contributed by atoms with van der Waals surface area (Å²) >= 11 is 0. The van der Waals surface area contributed by atoms with E-state index >= 15 is 0 Å². The first-order chi connectivity index (χ1) is 7.18. The lowest BCUT2D eigenvalue weighted by Gasteiger charge is -2.07. The summed E-state index contributed by atoms with van der Waals surface area (Å²) in [6.07, 6.45) is 2.79. The summed E-state index contributed by atoms with van der Waals surface area (Å²) in [7, 11) is 0. The van der Waals surface area contributed by atoms with Crippen LogP contribution in [0.2, 0.25) is 0 Å². The molecule has 2 nitrogen and oxygen atoms in total. The summed E-state index contributed by atoms with van der Waals surface area (Å²) in [5.74, 6) is -0.314. The molecule has 0 unspecified atom stereocenters. The lowest BCUT2D eigenvalue weighted by Crippen LogP contribution is -1.91. The highest BCUT2D eigenvalue weighted by atomic mass is 19.1. The largest absolute Gasteiger partial charge is 0.399 e. The molecule has 3 heteroatoms. The Kier molecular flexibility index (Phi) is 2.37. The van der Waals surface area contributed by atoms with Crippen LogP contribution < -0.4 is 5.73 Å². The zero-order valence-electron chi connectivity index (χ0n) is 8.37. The lowest BCUT2D eigenvalue weighted by molar-refractivity contribution is 0.625. The van der Waals surface area contributed by atoms with Gasteiger partial charge < -0.3 is 5.73 Å². The molecule has 0 saturated heterocycles. The first-order valence-corrected chi connectivity index (χ1v) is 4.64. The van der Waals surface area contributed by atoms with Crippen molar-refractivity contribution < 1.29 is 4.39 Å². The van der Waals surface area contributed by atoms with Gasteiger partial charge in [-0.25, -0.2) is 4.39 Å². The fourth-order valence-electron chi connectivity index (χ4n) is 1.58. The molecule has 0 atom stereocenters. The molecule has 0 aliphatic carbocycles. The first kappa shape index (κ1) is 9.65. The predicted octanol–water partition coefficient (Wildman–Crippen LogP) is 2.78. The Morgan fingerprint density at radius 1 is 1.20 bits per heavy atom. The molecule has 15 heavy (non-hydrogen) atoms. The number of anilines is 1. The molecule has 2 rings (SSSR count). The number of hydrogen-bond donors (Lipinski definition) is 1. The van der Waals surface area contributed by atoms with Gasteiger partial charge in [-0.1, -0.05) is 6.07 Å². The number of hydrogen-bond acceptors (Lipinski definition) is 2. The van der Waals surface area contributed by atoms with Crippen molar-refractivity contribution in [2.45, 2.75) is 6.92 Å². The van der Waals surface area contributed by atoms with E-state index in [-0.39, 0.29) is 5.82 Å². The highest BCUT2D eigenvalue weighted by Gasteiger charge is 2.06. The van der Waals surface area contributed by atoms with Crippen LogP contribution in [-0.4, -0.2) is 4.98 Å². The molecule has 2 N–H and O–H groups in total. The van der Waals surface area contributed by atoms with Gasteiger partial charge in [-0.2, -0.15) is 0 Å². The van der Waals surface area contributed by atoms with E-state index in [2.05, 4.69) is 4.98 Å². The third-order valence-corrected chi connectivity index (χ3v) is 2.31.